The van der Waals surface area contributed by atoms with Crippen LogP contribution in [0.1, 0.15) is 62.6 Å². The van der Waals surface area contributed by atoms with Gasteiger partial charge in [0.05, 0.1) is 17.5 Å². The second kappa shape index (κ2) is 9.93. The highest BCUT2D eigenvalue weighted by Crippen LogP contribution is 2.52. The third-order valence-corrected chi connectivity index (χ3v) is 8.74. The number of nitrogens with zero attached hydrogens (tertiary/aromatic N) is 2. The summed E-state index contributed by atoms with van der Waals surface area (Å²) in [6.45, 7) is 2.05. The van der Waals surface area contributed by atoms with Gasteiger partial charge in [0.25, 0.3) is 0 Å². The second-order valence-corrected chi connectivity index (χ2v) is 11.1. The minimum absolute atomic E-state index is 0.216. The Kier molecular flexibility index (Phi) is 6.84. The topological polar surface area (TPSA) is 90.0 Å². The molecule has 196 valence electrons. The minimum Gasteiger partial charge on any atom is -0.480 e. The van der Waals surface area contributed by atoms with Gasteiger partial charge in [0.2, 0.25) is 11.8 Å². The molecule has 2 amide bonds. The fraction of sp³-hybridized carbons (Fsp3) is 0.500. The van der Waals surface area contributed by atoms with Crippen LogP contribution in [-0.2, 0) is 20.8 Å². The monoisotopic (exact) mass is 503 g/mol. The number of hydrogen-bond donors (Lipinski definition) is 2. The summed E-state index contributed by atoms with van der Waals surface area (Å²) in [5.41, 5.74) is 1.98. The zero-order valence-corrected chi connectivity index (χ0v) is 21.9. The molecule has 7 nitrogen and oxygen atoms in total. The van der Waals surface area contributed by atoms with Crippen molar-refractivity contribution in [2.75, 3.05) is 23.9 Å². The Morgan fingerprint density at radius 3 is 2.22 bits per heavy atom. The van der Waals surface area contributed by atoms with E-state index in [-0.39, 0.29) is 11.8 Å². The van der Waals surface area contributed by atoms with Gasteiger partial charge in [-0.1, -0.05) is 63.3 Å². The summed E-state index contributed by atoms with van der Waals surface area (Å²) in [7, 11) is 3.92. The van der Waals surface area contributed by atoms with Crippen LogP contribution in [0.25, 0.3) is 0 Å². The van der Waals surface area contributed by atoms with Crippen LogP contribution in [0, 0.1) is 17.8 Å². The lowest BCUT2D eigenvalue weighted by Crippen LogP contribution is -2.57. The first kappa shape index (κ1) is 25.5. The molecule has 3 aliphatic rings. The Balaban J connectivity index is 1.58. The normalized spacial score (nSPS) is 28.0. The van der Waals surface area contributed by atoms with Gasteiger partial charge in [-0.05, 0) is 54.2 Å². The molecule has 2 aromatic carbocycles. The lowest BCUT2D eigenvalue weighted by atomic mass is 9.72. The number of aliphatic carboxylic acids is 1. The van der Waals surface area contributed by atoms with Gasteiger partial charge in [0.1, 0.15) is 5.54 Å². The van der Waals surface area contributed by atoms with Gasteiger partial charge in [-0.2, -0.15) is 0 Å². The summed E-state index contributed by atoms with van der Waals surface area (Å²) < 4.78 is 0. The van der Waals surface area contributed by atoms with Crippen molar-refractivity contribution in [3.63, 3.8) is 0 Å². The summed E-state index contributed by atoms with van der Waals surface area (Å²) >= 11 is 0. The van der Waals surface area contributed by atoms with E-state index in [4.69, 9.17) is 0 Å². The van der Waals surface area contributed by atoms with E-state index >= 15 is 0 Å². The molecule has 1 aliphatic carbocycles. The molecule has 2 aromatic rings. The summed E-state index contributed by atoms with van der Waals surface area (Å²) in [6.07, 6.45) is 6.44. The van der Waals surface area contributed by atoms with Crippen LogP contribution >= 0.6 is 0 Å². The highest BCUT2D eigenvalue weighted by Gasteiger charge is 2.68. The average Bonchev–Trinajstić information content (AvgIpc) is 3.38. The number of fused-ring (bicyclic) bond motifs is 1. The Bertz CT molecular complexity index is 1170. The van der Waals surface area contributed by atoms with Gasteiger partial charge in [0.15, 0.2) is 0 Å². The van der Waals surface area contributed by atoms with E-state index in [0.29, 0.717) is 12.1 Å². The molecule has 37 heavy (non-hydrogen) atoms. The summed E-state index contributed by atoms with van der Waals surface area (Å²) in [5.74, 6) is -3.27. The summed E-state index contributed by atoms with van der Waals surface area (Å²) in [4.78, 5) is 44.3. The Labute approximate surface area is 218 Å². The Hall–Kier alpha value is -3.19. The smallest absolute Gasteiger partial charge is 0.324 e. The van der Waals surface area contributed by atoms with Gasteiger partial charge in [-0.15, -0.1) is 0 Å². The molecule has 7 heteroatoms. The van der Waals surface area contributed by atoms with E-state index < -0.39 is 35.3 Å². The third kappa shape index (κ3) is 4.33. The van der Waals surface area contributed by atoms with E-state index in [9.17, 15) is 19.5 Å². The van der Waals surface area contributed by atoms with E-state index in [2.05, 4.69) is 12.2 Å². The van der Waals surface area contributed by atoms with Crippen LogP contribution in [0.15, 0.2) is 48.5 Å². The number of amides is 2. The van der Waals surface area contributed by atoms with Crippen molar-refractivity contribution in [3.05, 3.63) is 59.7 Å². The van der Waals surface area contributed by atoms with Crippen molar-refractivity contribution >= 4 is 29.2 Å². The van der Waals surface area contributed by atoms with Crippen LogP contribution in [-0.4, -0.2) is 42.5 Å². The van der Waals surface area contributed by atoms with Crippen molar-refractivity contribution in [3.8, 4) is 0 Å². The van der Waals surface area contributed by atoms with Crippen molar-refractivity contribution in [2.24, 2.45) is 17.8 Å². The van der Waals surface area contributed by atoms with Crippen molar-refractivity contribution in [1.82, 2.24) is 5.32 Å². The molecule has 2 saturated heterocycles. The van der Waals surface area contributed by atoms with Gasteiger partial charge in [0, 0.05) is 25.8 Å². The van der Waals surface area contributed by atoms with E-state index in [1.165, 1.54) is 4.90 Å². The highest BCUT2D eigenvalue weighted by molar-refractivity contribution is 6.24. The Morgan fingerprint density at radius 1 is 1.00 bits per heavy atom. The fourth-order valence-electron chi connectivity index (χ4n) is 6.72. The number of carbonyl (C=O) groups is 3. The predicted molar refractivity (Wildman–Crippen MR) is 143 cm³/mol. The van der Waals surface area contributed by atoms with E-state index in [1.54, 1.807) is 12.1 Å². The molecule has 2 N–H and O–H groups in total. The van der Waals surface area contributed by atoms with Crippen molar-refractivity contribution in [2.45, 2.75) is 63.5 Å². The van der Waals surface area contributed by atoms with Gasteiger partial charge < -0.3 is 10.0 Å². The molecule has 0 radical (unpaired) electrons. The first-order valence-corrected chi connectivity index (χ1v) is 13.5. The zero-order valence-electron chi connectivity index (χ0n) is 21.9. The number of rotatable bonds is 7. The van der Waals surface area contributed by atoms with Crippen molar-refractivity contribution < 1.29 is 19.5 Å². The molecular weight excluding hydrogens is 466 g/mol. The van der Waals surface area contributed by atoms with Crippen LogP contribution in [0.2, 0.25) is 0 Å². The number of imide groups is 1. The molecular formula is C30H37N3O4. The largest absolute Gasteiger partial charge is 0.480 e. The molecule has 0 spiro atoms. The van der Waals surface area contributed by atoms with E-state index in [1.807, 2.05) is 55.4 Å². The number of carbonyl (C=O) groups excluding carboxylic acids is 2. The lowest BCUT2D eigenvalue weighted by Gasteiger charge is -2.35. The second-order valence-electron chi connectivity index (χ2n) is 11.1. The molecule has 4 atom stereocenters. The number of anilines is 2. The minimum atomic E-state index is -1.48. The highest BCUT2D eigenvalue weighted by atomic mass is 16.4. The number of carboxylic acid groups (broad SMARTS) is 1. The molecule has 4 unspecified atom stereocenters. The quantitative estimate of drug-likeness (QED) is 0.539. The van der Waals surface area contributed by atoms with Crippen LogP contribution < -0.4 is 15.1 Å². The number of nitrogens with one attached hydrogen (secondary N) is 1. The lowest BCUT2D eigenvalue weighted by molar-refractivity contribution is -0.150. The fourth-order valence-corrected chi connectivity index (χ4v) is 6.72. The molecule has 0 aromatic heterocycles. The Morgan fingerprint density at radius 2 is 1.65 bits per heavy atom. The number of benzene rings is 2. The molecule has 1 saturated carbocycles. The number of aryl methyl sites for hydroxylation is 1. The zero-order chi connectivity index (χ0) is 26.3. The third-order valence-electron chi connectivity index (χ3n) is 8.74. The summed E-state index contributed by atoms with van der Waals surface area (Å²) in [5, 5.41) is 14.1. The van der Waals surface area contributed by atoms with Crippen LogP contribution in [0.5, 0.6) is 0 Å². The van der Waals surface area contributed by atoms with Gasteiger partial charge in [-0.3, -0.25) is 19.7 Å². The maximum atomic E-state index is 14.0. The maximum Gasteiger partial charge on any atom is 0.324 e. The molecule has 2 aliphatic heterocycles. The standard InChI is InChI=1S/C30H37N3O4/c1-4-19-10-14-23(15-11-19)33-27(34)24-25(28(33)35)30(29(36)37,18-20-8-6-5-7-9-20)31-26(24)21-12-16-22(17-13-21)32(2)3/h10-17,20,24-26,31H,4-9,18H2,1-3H3,(H,36,37). The molecule has 3 fully saturated rings. The molecule has 5 rings (SSSR count). The number of hydrogen-bond acceptors (Lipinski definition) is 5. The van der Waals surface area contributed by atoms with E-state index in [0.717, 1.165) is 55.3 Å². The molecule has 2 heterocycles. The SMILES string of the molecule is CCc1ccc(N2C(=O)C3C(c4ccc(N(C)C)cc4)NC(CC4CCCCC4)(C(=O)O)C3C2=O)cc1. The number of carboxylic acids is 1. The van der Waals surface area contributed by atoms with Crippen LogP contribution in [0.3, 0.4) is 0 Å². The summed E-state index contributed by atoms with van der Waals surface area (Å²) in [6, 6.07) is 14.7. The van der Waals surface area contributed by atoms with Crippen LogP contribution in [0.4, 0.5) is 11.4 Å². The first-order valence-electron chi connectivity index (χ1n) is 13.5. The van der Waals surface area contributed by atoms with Gasteiger partial charge in [-0.25, -0.2) is 4.90 Å². The van der Waals surface area contributed by atoms with Gasteiger partial charge >= 0.3 is 5.97 Å². The molecule has 0 bridgehead atoms. The maximum absolute atomic E-state index is 14.0. The average molecular weight is 504 g/mol. The predicted octanol–water partition coefficient (Wildman–Crippen LogP) is 4.56. The van der Waals surface area contributed by atoms with Crippen molar-refractivity contribution in [1.29, 1.82) is 0 Å². The first-order chi connectivity index (χ1) is 17.8.